The van der Waals surface area contributed by atoms with Gasteiger partial charge in [0, 0.05) is 25.2 Å². The van der Waals surface area contributed by atoms with Crippen LogP contribution in [-0.4, -0.2) is 59.4 Å². The van der Waals surface area contributed by atoms with E-state index in [1.807, 2.05) is 13.8 Å². The molecule has 8 heteroatoms. The van der Waals surface area contributed by atoms with E-state index in [0.29, 0.717) is 29.6 Å². The third-order valence-electron chi connectivity index (χ3n) is 3.38. The van der Waals surface area contributed by atoms with Crippen LogP contribution in [0.1, 0.15) is 30.6 Å². The number of aromatic nitrogens is 1. The van der Waals surface area contributed by atoms with E-state index in [4.69, 9.17) is 21.7 Å². The molecular formula is C15H22N4O3S. The summed E-state index contributed by atoms with van der Waals surface area (Å²) in [6.45, 7) is 5.32. The molecule has 0 saturated carbocycles. The second-order valence-corrected chi connectivity index (χ2v) is 5.81. The van der Waals surface area contributed by atoms with Gasteiger partial charge in [0.25, 0.3) is 5.91 Å². The second kappa shape index (κ2) is 7.45. The molecule has 2 rings (SSSR count). The first-order valence-electron chi connectivity index (χ1n) is 7.46. The zero-order valence-electron chi connectivity index (χ0n) is 13.8. The number of hydrogen-bond donors (Lipinski definition) is 1. The van der Waals surface area contributed by atoms with Gasteiger partial charge in [-0.05, 0) is 38.6 Å². The molecule has 23 heavy (non-hydrogen) atoms. The van der Waals surface area contributed by atoms with Gasteiger partial charge in [-0.25, -0.2) is 5.01 Å². The lowest BCUT2D eigenvalue weighted by Crippen LogP contribution is -2.50. The number of carbonyl (C=O) groups is 1. The van der Waals surface area contributed by atoms with Crippen LogP contribution in [-0.2, 0) is 0 Å². The summed E-state index contributed by atoms with van der Waals surface area (Å²) in [5.41, 5.74) is 0.382. The summed E-state index contributed by atoms with van der Waals surface area (Å²) in [6, 6.07) is 3.50. The summed E-state index contributed by atoms with van der Waals surface area (Å²) in [4.78, 5) is 17.0. The van der Waals surface area contributed by atoms with Gasteiger partial charge in [-0.15, -0.1) is 0 Å². The predicted molar refractivity (Wildman–Crippen MR) is 90.6 cm³/mol. The summed E-state index contributed by atoms with van der Waals surface area (Å²) in [5, 5.41) is 7.13. The number of nitrogens with zero attached hydrogens (tertiary/aromatic N) is 3. The second-order valence-electron chi connectivity index (χ2n) is 5.42. The van der Waals surface area contributed by atoms with Crippen molar-refractivity contribution in [1.29, 1.82) is 0 Å². The average molecular weight is 338 g/mol. The number of thiocarbonyl (C=S) groups is 1. The predicted octanol–water partition coefficient (Wildman–Crippen LogP) is 1.44. The maximum Gasteiger partial charge on any atom is 0.277 e. The number of rotatable bonds is 4. The van der Waals surface area contributed by atoms with Crippen molar-refractivity contribution in [1.82, 2.24) is 20.3 Å². The zero-order chi connectivity index (χ0) is 17.0. The molecule has 0 bridgehead atoms. The molecule has 0 aliphatic carbocycles. The van der Waals surface area contributed by atoms with Gasteiger partial charge in [0.15, 0.2) is 5.11 Å². The monoisotopic (exact) mass is 338 g/mol. The Kier molecular flexibility index (Phi) is 5.59. The molecule has 1 aromatic heterocycles. The van der Waals surface area contributed by atoms with Gasteiger partial charge >= 0.3 is 0 Å². The highest BCUT2D eigenvalue weighted by Gasteiger charge is 2.31. The van der Waals surface area contributed by atoms with Crippen LogP contribution in [0.3, 0.4) is 0 Å². The zero-order valence-corrected chi connectivity index (χ0v) is 14.6. The summed E-state index contributed by atoms with van der Waals surface area (Å²) >= 11 is 5.39. The topological polar surface area (TPSA) is 66.9 Å². The molecule has 1 N–H and O–H groups in total. The van der Waals surface area contributed by atoms with Gasteiger partial charge in [0.05, 0.1) is 14.2 Å². The number of nitrogens with one attached hydrogen (secondary N) is 1. The van der Waals surface area contributed by atoms with Crippen LogP contribution >= 0.6 is 12.2 Å². The maximum atomic E-state index is 12.9. The smallest absolute Gasteiger partial charge is 0.277 e. The number of hydrogen-bond acceptors (Lipinski definition) is 5. The Balaban J connectivity index is 2.23. The van der Waals surface area contributed by atoms with E-state index in [-0.39, 0.29) is 17.8 Å². The first-order valence-corrected chi connectivity index (χ1v) is 7.87. The third kappa shape index (κ3) is 3.82. The maximum absolute atomic E-state index is 12.9. The van der Waals surface area contributed by atoms with E-state index >= 15 is 0 Å². The fourth-order valence-corrected chi connectivity index (χ4v) is 2.78. The number of methoxy groups -OCH3 is 2. The van der Waals surface area contributed by atoms with Gasteiger partial charge in [-0.2, -0.15) is 4.98 Å². The molecule has 0 spiro atoms. The molecule has 126 valence electrons. The molecule has 7 nitrogen and oxygen atoms in total. The number of ether oxygens (including phenoxy) is 2. The van der Waals surface area contributed by atoms with Crippen LogP contribution in [0.2, 0.25) is 0 Å². The van der Waals surface area contributed by atoms with Crippen molar-refractivity contribution in [2.24, 2.45) is 0 Å². The van der Waals surface area contributed by atoms with Crippen molar-refractivity contribution in [2.45, 2.75) is 26.3 Å². The summed E-state index contributed by atoms with van der Waals surface area (Å²) < 4.78 is 10.3. The fraction of sp³-hybridized carbons (Fsp3) is 0.533. The highest BCUT2D eigenvalue weighted by Crippen LogP contribution is 2.24. The molecule has 0 aromatic carbocycles. The summed E-state index contributed by atoms with van der Waals surface area (Å²) in [7, 11) is 2.99. The molecule has 1 amide bonds. The van der Waals surface area contributed by atoms with E-state index < -0.39 is 0 Å². The van der Waals surface area contributed by atoms with Crippen LogP contribution in [0.25, 0.3) is 0 Å². The Hall–Kier alpha value is -2.09. The number of carbonyl (C=O) groups excluding carboxylic acids is 1. The Bertz CT molecular complexity index is 594. The lowest BCUT2D eigenvalue weighted by Gasteiger charge is -2.31. The molecule has 1 aliphatic heterocycles. The van der Waals surface area contributed by atoms with Crippen LogP contribution in [0.5, 0.6) is 11.8 Å². The summed E-state index contributed by atoms with van der Waals surface area (Å²) in [5.74, 6) is 0.444. The van der Waals surface area contributed by atoms with E-state index in [2.05, 4.69) is 10.3 Å². The van der Waals surface area contributed by atoms with E-state index in [0.717, 1.165) is 6.42 Å². The van der Waals surface area contributed by atoms with Crippen molar-refractivity contribution in [3.05, 3.63) is 17.7 Å². The van der Waals surface area contributed by atoms with Crippen LogP contribution in [0.15, 0.2) is 12.1 Å². The lowest BCUT2D eigenvalue weighted by molar-refractivity contribution is 0.0486. The standard InChI is InChI=1S/C15H22N4O3S/c1-10(2)16-15(23)19-9-5-8-18(19)14(20)11-6-7-12(21-3)17-13(11)22-4/h6-7,10H,5,8-9H2,1-4H3,(H,16,23). The van der Waals surface area contributed by atoms with Gasteiger partial charge in [-0.3, -0.25) is 9.80 Å². The van der Waals surface area contributed by atoms with Crippen molar-refractivity contribution < 1.29 is 14.3 Å². The molecular weight excluding hydrogens is 316 g/mol. The largest absolute Gasteiger partial charge is 0.481 e. The van der Waals surface area contributed by atoms with E-state index in [1.54, 1.807) is 22.2 Å². The SMILES string of the molecule is COc1ccc(C(=O)N2CCCN2C(=S)NC(C)C)c(OC)n1. The number of pyridine rings is 1. The normalized spacial score (nSPS) is 14.1. The molecule has 2 heterocycles. The number of hydrazine groups is 1. The minimum absolute atomic E-state index is 0.192. The quantitative estimate of drug-likeness (QED) is 0.833. The Morgan fingerprint density at radius 3 is 2.57 bits per heavy atom. The molecule has 1 aliphatic rings. The van der Waals surface area contributed by atoms with Gasteiger partial charge < -0.3 is 14.8 Å². The molecule has 0 atom stereocenters. The van der Waals surface area contributed by atoms with Crippen molar-refractivity contribution >= 4 is 23.2 Å². The van der Waals surface area contributed by atoms with Gasteiger partial charge in [0.2, 0.25) is 11.8 Å². The average Bonchev–Trinajstić information content (AvgIpc) is 3.02. The van der Waals surface area contributed by atoms with Crippen LogP contribution in [0, 0.1) is 0 Å². The first kappa shape index (κ1) is 17.3. The third-order valence-corrected chi connectivity index (χ3v) is 3.71. The van der Waals surface area contributed by atoms with Gasteiger partial charge in [0.1, 0.15) is 5.56 Å². The highest BCUT2D eigenvalue weighted by atomic mass is 32.1. The number of amides is 1. The first-order chi connectivity index (χ1) is 11.0. The molecule has 0 unspecified atom stereocenters. The minimum Gasteiger partial charge on any atom is -0.481 e. The summed E-state index contributed by atoms with van der Waals surface area (Å²) in [6.07, 6.45) is 0.859. The van der Waals surface area contributed by atoms with E-state index in [1.165, 1.54) is 14.2 Å². The van der Waals surface area contributed by atoms with Crippen LogP contribution in [0.4, 0.5) is 0 Å². The molecule has 0 radical (unpaired) electrons. The highest BCUT2D eigenvalue weighted by molar-refractivity contribution is 7.80. The Morgan fingerprint density at radius 1 is 1.26 bits per heavy atom. The van der Waals surface area contributed by atoms with Crippen molar-refractivity contribution in [2.75, 3.05) is 27.3 Å². The fourth-order valence-electron chi connectivity index (χ4n) is 2.35. The lowest BCUT2D eigenvalue weighted by atomic mass is 10.2. The Morgan fingerprint density at radius 2 is 1.96 bits per heavy atom. The molecule has 1 saturated heterocycles. The Labute approximate surface area is 141 Å². The van der Waals surface area contributed by atoms with Crippen molar-refractivity contribution in [3.63, 3.8) is 0 Å². The molecule has 1 aromatic rings. The van der Waals surface area contributed by atoms with Crippen LogP contribution < -0.4 is 14.8 Å². The van der Waals surface area contributed by atoms with Crippen molar-refractivity contribution in [3.8, 4) is 11.8 Å². The molecule has 1 fully saturated rings. The van der Waals surface area contributed by atoms with Gasteiger partial charge in [-0.1, -0.05) is 0 Å². The minimum atomic E-state index is -0.192. The van der Waals surface area contributed by atoms with E-state index in [9.17, 15) is 4.79 Å².